The van der Waals surface area contributed by atoms with Gasteiger partial charge in [-0.1, -0.05) is 18.2 Å². The molecule has 1 aromatic carbocycles. The van der Waals surface area contributed by atoms with Crippen molar-refractivity contribution in [2.75, 3.05) is 11.9 Å². The van der Waals surface area contributed by atoms with E-state index in [2.05, 4.69) is 10.3 Å². The van der Waals surface area contributed by atoms with Crippen molar-refractivity contribution in [3.63, 3.8) is 0 Å². The molecule has 2 aromatic heterocycles. The fraction of sp³-hybridized carbons (Fsp3) is 0.400. The molecule has 1 atom stereocenters. The molecule has 29 heavy (non-hydrogen) atoms. The van der Waals surface area contributed by atoms with E-state index in [1.165, 1.54) is 4.31 Å². The van der Waals surface area contributed by atoms with Crippen LogP contribution in [0.3, 0.4) is 0 Å². The minimum Gasteiger partial charge on any atom is -0.394 e. The largest absolute Gasteiger partial charge is 0.394 e. The lowest BCUT2D eigenvalue weighted by Crippen LogP contribution is -2.29. The Morgan fingerprint density at radius 3 is 2.83 bits per heavy atom. The smallest absolute Gasteiger partial charge is 0.217 e. The van der Waals surface area contributed by atoms with Crippen LogP contribution in [0, 0.1) is 0 Å². The number of para-hydroxylation sites is 1. The Morgan fingerprint density at radius 1 is 1.28 bits per heavy atom. The number of anilines is 1. The molecule has 5 rings (SSSR count). The number of aromatic nitrogens is 3. The van der Waals surface area contributed by atoms with Gasteiger partial charge in [0.25, 0.3) is 0 Å². The van der Waals surface area contributed by atoms with Crippen LogP contribution in [0.4, 0.5) is 5.82 Å². The Balaban J connectivity index is 1.59. The lowest BCUT2D eigenvalue weighted by Gasteiger charge is -2.16. The minimum absolute atomic E-state index is 0.0503. The Morgan fingerprint density at radius 2 is 2.07 bits per heavy atom. The average molecular weight is 414 g/mol. The first kappa shape index (κ1) is 18.5. The maximum Gasteiger partial charge on any atom is 0.217 e. The highest BCUT2D eigenvalue weighted by Crippen LogP contribution is 2.38. The Labute approximate surface area is 169 Å². The number of nitrogens with zero attached hydrogens (tertiary/aromatic N) is 3. The number of hydrogen-bond donors (Lipinski definition) is 3. The summed E-state index contributed by atoms with van der Waals surface area (Å²) < 4.78 is 27.0. The Bertz CT molecular complexity index is 1190. The number of benzene rings is 1. The van der Waals surface area contributed by atoms with E-state index in [9.17, 15) is 13.5 Å². The highest BCUT2D eigenvalue weighted by molar-refractivity contribution is 7.90. The summed E-state index contributed by atoms with van der Waals surface area (Å²) in [6.07, 6.45) is 3.33. The monoisotopic (exact) mass is 413 g/mol. The number of H-pyrrole nitrogens is 1. The van der Waals surface area contributed by atoms with Gasteiger partial charge in [0.05, 0.1) is 24.1 Å². The van der Waals surface area contributed by atoms with Crippen LogP contribution >= 0.6 is 0 Å². The molecule has 0 saturated heterocycles. The van der Waals surface area contributed by atoms with Gasteiger partial charge >= 0.3 is 0 Å². The third-order valence-electron chi connectivity index (χ3n) is 5.55. The van der Waals surface area contributed by atoms with E-state index < -0.39 is 10.0 Å². The number of rotatable bonds is 6. The number of aliphatic hydroxyl groups excluding tert-OH is 1. The van der Waals surface area contributed by atoms with Crippen LogP contribution in [0.2, 0.25) is 0 Å². The highest BCUT2D eigenvalue weighted by Gasteiger charge is 2.43. The molecule has 0 amide bonds. The zero-order valence-corrected chi connectivity index (χ0v) is 16.9. The van der Waals surface area contributed by atoms with Crippen LogP contribution in [0.15, 0.2) is 30.5 Å². The van der Waals surface area contributed by atoms with Gasteiger partial charge in [0.2, 0.25) is 10.0 Å². The maximum absolute atomic E-state index is 12.8. The molecule has 0 radical (unpaired) electrons. The summed E-state index contributed by atoms with van der Waals surface area (Å²) in [5.41, 5.74) is 3.37. The second-order valence-corrected chi connectivity index (χ2v) is 10.0. The Kier molecular flexibility index (Phi) is 4.34. The molecule has 2 aliphatic rings. The number of aliphatic hydroxyl groups is 1. The fourth-order valence-electron chi connectivity index (χ4n) is 3.76. The molecule has 3 N–H and O–H groups in total. The quantitative estimate of drug-likeness (QED) is 0.571. The van der Waals surface area contributed by atoms with Gasteiger partial charge in [0, 0.05) is 40.8 Å². The van der Waals surface area contributed by atoms with Gasteiger partial charge in [0.1, 0.15) is 5.82 Å². The summed E-state index contributed by atoms with van der Waals surface area (Å²) >= 11 is 0. The normalized spacial score (nSPS) is 18.1. The summed E-state index contributed by atoms with van der Waals surface area (Å²) in [5.74, 6) is 1.13. The molecule has 9 heteroatoms. The summed E-state index contributed by atoms with van der Waals surface area (Å²) in [6.45, 7) is 2.33. The summed E-state index contributed by atoms with van der Waals surface area (Å²) in [7, 11) is -3.30. The van der Waals surface area contributed by atoms with Crippen molar-refractivity contribution in [2.45, 2.75) is 44.1 Å². The van der Waals surface area contributed by atoms with E-state index in [1.807, 2.05) is 37.4 Å². The Hall–Kier alpha value is -2.49. The maximum atomic E-state index is 12.8. The van der Waals surface area contributed by atoms with Crippen molar-refractivity contribution in [3.8, 4) is 11.4 Å². The summed E-state index contributed by atoms with van der Waals surface area (Å²) in [4.78, 5) is 12.7. The van der Waals surface area contributed by atoms with Crippen LogP contribution < -0.4 is 5.32 Å². The SMILES string of the molecule is C[C@H](CO)Nc1nc(-c2c[nH]c3ccccc23)nc2c1CN(S(=O)(=O)C1CC1)C2. The average Bonchev–Trinajstić information content (AvgIpc) is 3.35. The lowest BCUT2D eigenvalue weighted by atomic mass is 10.1. The van der Waals surface area contributed by atoms with E-state index in [0.29, 0.717) is 11.6 Å². The predicted molar refractivity (Wildman–Crippen MR) is 111 cm³/mol. The minimum atomic E-state index is -3.30. The van der Waals surface area contributed by atoms with Crippen LogP contribution in [-0.2, 0) is 23.1 Å². The number of sulfonamides is 1. The van der Waals surface area contributed by atoms with Gasteiger partial charge in [-0.15, -0.1) is 0 Å². The third kappa shape index (κ3) is 3.19. The van der Waals surface area contributed by atoms with Gasteiger partial charge in [-0.05, 0) is 25.8 Å². The third-order valence-corrected chi connectivity index (χ3v) is 7.84. The number of aromatic amines is 1. The van der Waals surface area contributed by atoms with Crippen molar-refractivity contribution < 1.29 is 13.5 Å². The first-order chi connectivity index (χ1) is 14.0. The van der Waals surface area contributed by atoms with Gasteiger partial charge in [-0.2, -0.15) is 4.31 Å². The van der Waals surface area contributed by atoms with Crippen LogP contribution in [-0.4, -0.2) is 50.7 Å². The predicted octanol–water partition coefficient (Wildman–Crippen LogP) is 2.23. The molecule has 0 bridgehead atoms. The molecule has 8 nitrogen and oxygen atoms in total. The lowest BCUT2D eigenvalue weighted by molar-refractivity contribution is 0.281. The fourth-order valence-corrected chi connectivity index (χ4v) is 5.52. The molecular weight excluding hydrogens is 390 g/mol. The first-order valence-electron chi connectivity index (χ1n) is 9.80. The second kappa shape index (κ2) is 6.79. The molecular formula is C20H23N5O3S. The second-order valence-electron chi connectivity index (χ2n) is 7.81. The number of nitrogens with one attached hydrogen (secondary N) is 2. The van der Waals surface area contributed by atoms with E-state index in [-0.39, 0.29) is 31.0 Å². The molecule has 1 fully saturated rings. The van der Waals surface area contributed by atoms with Crippen molar-refractivity contribution in [1.29, 1.82) is 0 Å². The summed E-state index contributed by atoms with van der Waals surface area (Å²) in [6, 6.07) is 7.71. The van der Waals surface area contributed by atoms with Gasteiger partial charge in [-0.25, -0.2) is 18.4 Å². The first-order valence-corrected chi connectivity index (χ1v) is 11.3. The van der Waals surface area contributed by atoms with Crippen molar-refractivity contribution >= 4 is 26.7 Å². The van der Waals surface area contributed by atoms with Crippen LogP contribution in [0.1, 0.15) is 31.0 Å². The van der Waals surface area contributed by atoms with Crippen molar-refractivity contribution in [2.24, 2.45) is 0 Å². The van der Waals surface area contributed by atoms with Crippen LogP contribution in [0.25, 0.3) is 22.3 Å². The standard InChI is InChI=1S/C20H23N5O3S/c1-12(11-26)22-20-16-9-25(29(27,28)13-6-7-13)10-18(16)23-19(24-20)15-8-21-17-5-3-2-4-14(15)17/h2-5,8,12-13,21,26H,6-7,9-11H2,1H3,(H,22,23,24)/t12-/m1/s1. The molecule has 1 aliphatic heterocycles. The summed E-state index contributed by atoms with van der Waals surface area (Å²) in [5, 5.41) is 13.5. The van der Waals surface area contributed by atoms with Crippen molar-refractivity contribution in [1.82, 2.24) is 19.3 Å². The zero-order chi connectivity index (χ0) is 20.2. The molecule has 152 valence electrons. The van der Waals surface area contributed by atoms with Gasteiger partial charge < -0.3 is 15.4 Å². The molecule has 0 unspecified atom stereocenters. The topological polar surface area (TPSA) is 111 Å². The van der Waals surface area contributed by atoms with Crippen molar-refractivity contribution in [3.05, 3.63) is 41.7 Å². The van der Waals surface area contributed by atoms with E-state index in [1.54, 1.807) is 0 Å². The van der Waals surface area contributed by atoms with Gasteiger partial charge in [0.15, 0.2) is 5.82 Å². The molecule has 3 aromatic rings. The van der Waals surface area contributed by atoms with Gasteiger partial charge in [-0.3, -0.25) is 0 Å². The molecule has 1 aliphatic carbocycles. The molecule has 3 heterocycles. The van der Waals surface area contributed by atoms with E-state index in [4.69, 9.17) is 9.97 Å². The highest BCUT2D eigenvalue weighted by atomic mass is 32.2. The molecule has 0 spiro atoms. The number of hydrogen-bond acceptors (Lipinski definition) is 6. The zero-order valence-electron chi connectivity index (χ0n) is 16.1. The van der Waals surface area contributed by atoms with E-state index >= 15 is 0 Å². The number of fused-ring (bicyclic) bond motifs is 2. The van der Waals surface area contributed by atoms with Crippen LogP contribution in [0.5, 0.6) is 0 Å². The van der Waals surface area contributed by atoms with E-state index in [0.717, 1.165) is 40.6 Å². The molecule has 1 saturated carbocycles.